The van der Waals surface area contributed by atoms with Crippen molar-refractivity contribution in [1.29, 1.82) is 0 Å². The van der Waals surface area contributed by atoms with Crippen molar-refractivity contribution in [1.82, 2.24) is 34.2 Å². The number of carbonyl (C=O) groups is 3. The molecular formula is C46H49F3N8O7. The van der Waals surface area contributed by atoms with Gasteiger partial charge in [-0.05, 0) is 105 Å². The number of aryl methyl sites for hydroxylation is 4. The van der Waals surface area contributed by atoms with Crippen LogP contribution in [0.2, 0.25) is 0 Å². The molecule has 336 valence electrons. The van der Waals surface area contributed by atoms with Gasteiger partial charge in [-0.25, -0.2) is 27.6 Å². The van der Waals surface area contributed by atoms with Crippen LogP contribution in [0.25, 0.3) is 28.2 Å². The molecule has 8 rings (SSSR count). The number of nitrogens with one attached hydrogen (secondary N) is 2. The van der Waals surface area contributed by atoms with Crippen LogP contribution < -0.4 is 16.3 Å². The van der Waals surface area contributed by atoms with Gasteiger partial charge in [-0.3, -0.25) is 33.8 Å². The number of carbonyl (C=O) groups excluding carboxylic acids is 3. The fourth-order valence-electron chi connectivity index (χ4n) is 7.88. The van der Waals surface area contributed by atoms with Crippen LogP contribution >= 0.6 is 0 Å². The number of anilines is 1. The number of ether oxygens (including phenoxy) is 2. The minimum atomic E-state index is -3.02. The van der Waals surface area contributed by atoms with E-state index in [2.05, 4.69) is 25.7 Å². The van der Waals surface area contributed by atoms with Crippen LogP contribution in [0, 0.1) is 11.7 Å². The number of rotatable bonds is 21. The van der Waals surface area contributed by atoms with Crippen LogP contribution in [-0.4, -0.2) is 73.0 Å². The summed E-state index contributed by atoms with van der Waals surface area (Å²) < 4.78 is 64.4. The van der Waals surface area contributed by atoms with Crippen LogP contribution in [-0.2, 0) is 45.4 Å². The van der Waals surface area contributed by atoms with Crippen molar-refractivity contribution >= 4 is 34.4 Å². The van der Waals surface area contributed by atoms with Crippen LogP contribution in [0.5, 0.6) is 0 Å². The maximum atomic E-state index is 15.2. The van der Waals surface area contributed by atoms with Gasteiger partial charge in [0.05, 0.1) is 41.8 Å². The number of aromatic nitrogens is 6. The summed E-state index contributed by atoms with van der Waals surface area (Å²) in [5.74, 6) is -1.12. The van der Waals surface area contributed by atoms with E-state index in [4.69, 9.17) is 13.9 Å². The van der Waals surface area contributed by atoms with Gasteiger partial charge in [-0.1, -0.05) is 25.0 Å². The number of piperidine rings is 1. The lowest BCUT2D eigenvalue weighted by molar-refractivity contribution is -0.135. The number of pyridine rings is 1. The number of halogens is 3. The number of benzene rings is 2. The van der Waals surface area contributed by atoms with Gasteiger partial charge in [-0.2, -0.15) is 5.10 Å². The number of hydrogen-bond acceptors (Lipinski definition) is 10. The van der Waals surface area contributed by atoms with Gasteiger partial charge in [0.25, 0.3) is 12.3 Å². The molecule has 1 unspecified atom stereocenters. The van der Waals surface area contributed by atoms with Crippen molar-refractivity contribution in [2.75, 3.05) is 31.7 Å². The molecule has 64 heavy (non-hydrogen) atoms. The summed E-state index contributed by atoms with van der Waals surface area (Å²) in [5.41, 5.74) is 3.28. The molecule has 4 aromatic heterocycles. The lowest BCUT2D eigenvalue weighted by Gasteiger charge is -2.21. The van der Waals surface area contributed by atoms with Gasteiger partial charge >= 0.3 is 5.69 Å². The molecule has 3 amide bonds. The van der Waals surface area contributed by atoms with Crippen LogP contribution in [0.15, 0.2) is 76.4 Å². The van der Waals surface area contributed by atoms with E-state index in [-0.39, 0.29) is 47.4 Å². The first-order valence-corrected chi connectivity index (χ1v) is 21.6. The SMILES string of the molecule is Cn1c(=O)n(C2CCC(=O)NC2=O)c2ccc(CCCOCCOCCCCc3ccc(-n4cc(NC(=O)c5coc(-c6ccnc(CCC7CC7)c6)n5)c(C(F)F)n4)cc3F)cc21. The summed E-state index contributed by atoms with van der Waals surface area (Å²) in [6.45, 7) is 1.81. The van der Waals surface area contributed by atoms with Crippen molar-refractivity contribution in [3.8, 4) is 17.1 Å². The quantitative estimate of drug-likeness (QED) is 0.0555. The number of nitrogens with zero attached hydrogens (tertiary/aromatic N) is 6. The minimum Gasteiger partial charge on any atom is -0.444 e. The van der Waals surface area contributed by atoms with Gasteiger partial charge in [-0.15, -0.1) is 0 Å². The maximum absolute atomic E-state index is 15.2. The molecular weight excluding hydrogens is 834 g/mol. The summed E-state index contributed by atoms with van der Waals surface area (Å²) in [6, 6.07) is 13.0. The number of amides is 3. The Bertz CT molecular complexity index is 2700. The predicted octanol–water partition coefficient (Wildman–Crippen LogP) is 7.21. The third kappa shape index (κ3) is 10.5. The average Bonchev–Trinajstić information content (AvgIpc) is 3.70. The van der Waals surface area contributed by atoms with Crippen LogP contribution in [0.3, 0.4) is 0 Å². The number of imide groups is 1. The number of hydrogen-bond donors (Lipinski definition) is 2. The lowest BCUT2D eigenvalue weighted by atomic mass is 10.1. The standard InChI is InChI=1S/C46H49F3N8O7/c1-55-39-23-29(10-14-37(39)57(46(55)61)38-15-16-40(58)53-44(38)60)5-4-20-63-22-21-62-19-3-2-6-30-11-13-33(25-34(30)47)56-26-35(41(54-56)42(48)49)51-43(59)36-27-64-45(52-36)31-17-18-50-32(24-31)12-9-28-7-8-28/h10-11,13-14,17-18,23-28,38,42H,2-9,12,15-16,19-22H2,1H3,(H,51,59)(H,53,58,60). The summed E-state index contributed by atoms with van der Waals surface area (Å²) in [4.78, 5) is 58.8. The Hall–Kier alpha value is -6.40. The molecule has 1 saturated heterocycles. The molecule has 18 heteroatoms. The summed E-state index contributed by atoms with van der Waals surface area (Å²) in [7, 11) is 1.67. The number of fused-ring (bicyclic) bond motifs is 1. The molecule has 0 bridgehead atoms. The van der Waals surface area contributed by atoms with E-state index in [1.807, 2.05) is 24.3 Å². The lowest BCUT2D eigenvalue weighted by Crippen LogP contribution is -2.44. The summed E-state index contributed by atoms with van der Waals surface area (Å²) in [6.07, 6.45) is 9.14. The van der Waals surface area contributed by atoms with E-state index in [0.717, 1.165) is 53.8 Å². The smallest absolute Gasteiger partial charge is 0.329 e. The molecule has 1 aliphatic heterocycles. The zero-order valence-electron chi connectivity index (χ0n) is 35.4. The fourth-order valence-corrected chi connectivity index (χ4v) is 7.88. The zero-order chi connectivity index (χ0) is 44.7. The minimum absolute atomic E-state index is 0.105. The Kier molecular flexibility index (Phi) is 13.8. The topological polar surface area (TPSA) is 177 Å². The molecule has 5 heterocycles. The molecule has 0 radical (unpaired) electrons. The Morgan fingerprint density at radius 1 is 0.938 bits per heavy atom. The van der Waals surface area contributed by atoms with E-state index in [1.165, 1.54) is 34.2 Å². The van der Waals surface area contributed by atoms with Gasteiger partial charge in [0.1, 0.15) is 18.1 Å². The second-order valence-corrected chi connectivity index (χ2v) is 16.2. The van der Waals surface area contributed by atoms with E-state index >= 15 is 4.39 Å². The third-order valence-corrected chi connectivity index (χ3v) is 11.6. The highest BCUT2D eigenvalue weighted by atomic mass is 19.3. The molecule has 2 N–H and O–H groups in total. The largest absolute Gasteiger partial charge is 0.444 e. The van der Waals surface area contributed by atoms with E-state index < -0.39 is 35.8 Å². The van der Waals surface area contributed by atoms with Crippen molar-refractivity contribution in [3.05, 3.63) is 112 Å². The van der Waals surface area contributed by atoms with Crippen molar-refractivity contribution in [2.24, 2.45) is 13.0 Å². The highest BCUT2D eigenvalue weighted by Gasteiger charge is 2.31. The molecule has 15 nitrogen and oxygen atoms in total. The first-order chi connectivity index (χ1) is 31.0. The second kappa shape index (κ2) is 20.0. The van der Waals surface area contributed by atoms with Gasteiger partial charge in [0.15, 0.2) is 11.4 Å². The fraction of sp³-hybridized carbons (Fsp3) is 0.413. The number of unbranched alkanes of at least 4 members (excludes halogenated alkanes) is 1. The van der Waals surface area contributed by atoms with Gasteiger partial charge in [0.2, 0.25) is 17.7 Å². The van der Waals surface area contributed by atoms with Crippen molar-refractivity contribution < 1.29 is 41.4 Å². The molecule has 6 aromatic rings. The second-order valence-electron chi connectivity index (χ2n) is 16.2. The predicted molar refractivity (Wildman–Crippen MR) is 229 cm³/mol. The van der Waals surface area contributed by atoms with E-state index in [9.17, 15) is 28.0 Å². The van der Waals surface area contributed by atoms with E-state index in [0.29, 0.717) is 67.9 Å². The molecule has 1 saturated carbocycles. The molecule has 2 aliphatic rings. The van der Waals surface area contributed by atoms with Crippen LogP contribution in [0.1, 0.15) is 96.8 Å². The molecule has 0 spiro atoms. The van der Waals surface area contributed by atoms with Gasteiger partial charge < -0.3 is 19.2 Å². The number of oxazole rings is 1. The van der Waals surface area contributed by atoms with Crippen LogP contribution in [0.4, 0.5) is 18.9 Å². The summed E-state index contributed by atoms with van der Waals surface area (Å²) >= 11 is 0. The highest BCUT2D eigenvalue weighted by Crippen LogP contribution is 2.34. The molecule has 1 aliphatic carbocycles. The molecule has 1 atom stereocenters. The third-order valence-electron chi connectivity index (χ3n) is 11.6. The highest BCUT2D eigenvalue weighted by molar-refractivity contribution is 6.03. The van der Waals surface area contributed by atoms with Gasteiger partial charge in [0, 0.05) is 44.1 Å². The maximum Gasteiger partial charge on any atom is 0.329 e. The Balaban J connectivity index is 0.741. The van der Waals surface area contributed by atoms with Crippen molar-refractivity contribution in [3.63, 3.8) is 0 Å². The normalized spacial score (nSPS) is 15.4. The Morgan fingerprint density at radius 3 is 2.52 bits per heavy atom. The molecule has 2 fully saturated rings. The first kappa shape index (κ1) is 44.2. The Labute approximate surface area is 366 Å². The van der Waals surface area contributed by atoms with Crippen molar-refractivity contribution in [2.45, 2.75) is 83.1 Å². The monoisotopic (exact) mass is 882 g/mol. The number of imidazole rings is 1. The number of alkyl halides is 2. The molecule has 2 aromatic carbocycles. The zero-order valence-corrected chi connectivity index (χ0v) is 35.4. The van der Waals surface area contributed by atoms with E-state index in [1.54, 1.807) is 31.4 Å². The summed E-state index contributed by atoms with van der Waals surface area (Å²) in [5, 5.41) is 8.72. The Morgan fingerprint density at radius 2 is 1.75 bits per heavy atom. The average molecular weight is 883 g/mol. The first-order valence-electron chi connectivity index (χ1n) is 21.6.